The van der Waals surface area contributed by atoms with Crippen LogP contribution in [0.5, 0.6) is 0 Å². The van der Waals surface area contributed by atoms with Crippen LogP contribution in [0.2, 0.25) is 0 Å². The summed E-state index contributed by atoms with van der Waals surface area (Å²) in [4.78, 5) is 24.7. The predicted molar refractivity (Wildman–Crippen MR) is 94.0 cm³/mol. The van der Waals surface area contributed by atoms with Crippen molar-refractivity contribution in [1.82, 2.24) is 4.90 Å². The average Bonchev–Trinajstić information content (AvgIpc) is 2.48. The quantitative estimate of drug-likeness (QED) is 0.398. The molecule has 0 aromatic carbocycles. The minimum absolute atomic E-state index is 0.166. The van der Waals surface area contributed by atoms with Gasteiger partial charge in [-0.1, -0.05) is 32.6 Å². The Hall–Kier alpha value is -1.30. The highest BCUT2D eigenvalue weighted by molar-refractivity contribution is 5.69. The SMILES string of the molecule is CCCCCCCC(=O)OCCOCCN(C)C(=O)OC(C)(C)C. The third-order valence-corrected chi connectivity index (χ3v) is 3.25. The van der Waals surface area contributed by atoms with Gasteiger partial charge < -0.3 is 19.1 Å². The van der Waals surface area contributed by atoms with Crippen molar-refractivity contribution in [3.63, 3.8) is 0 Å². The maximum atomic E-state index is 11.7. The van der Waals surface area contributed by atoms with Gasteiger partial charge in [-0.15, -0.1) is 0 Å². The highest BCUT2D eigenvalue weighted by atomic mass is 16.6. The molecule has 0 aromatic rings. The van der Waals surface area contributed by atoms with E-state index in [0.29, 0.717) is 26.2 Å². The van der Waals surface area contributed by atoms with Gasteiger partial charge in [0.1, 0.15) is 12.2 Å². The lowest BCUT2D eigenvalue weighted by Gasteiger charge is -2.24. The average molecular weight is 345 g/mol. The van der Waals surface area contributed by atoms with Crippen LogP contribution in [0.1, 0.15) is 66.2 Å². The van der Waals surface area contributed by atoms with Gasteiger partial charge in [0.25, 0.3) is 0 Å². The molecule has 0 atom stereocenters. The Balaban J connectivity index is 3.52. The smallest absolute Gasteiger partial charge is 0.410 e. The van der Waals surface area contributed by atoms with Crippen LogP contribution < -0.4 is 0 Å². The van der Waals surface area contributed by atoms with E-state index < -0.39 is 5.60 Å². The van der Waals surface area contributed by atoms with Crippen molar-refractivity contribution in [2.75, 3.05) is 33.4 Å². The molecule has 0 saturated heterocycles. The van der Waals surface area contributed by atoms with Gasteiger partial charge in [0.05, 0.1) is 13.2 Å². The third kappa shape index (κ3) is 14.3. The number of unbranched alkanes of at least 4 members (excludes halogenated alkanes) is 4. The van der Waals surface area contributed by atoms with Crippen molar-refractivity contribution in [2.24, 2.45) is 0 Å². The molecule has 0 aliphatic heterocycles. The molecule has 142 valence electrons. The molecule has 0 heterocycles. The fourth-order valence-electron chi connectivity index (χ4n) is 1.89. The summed E-state index contributed by atoms with van der Waals surface area (Å²) in [6.07, 6.45) is 5.67. The fraction of sp³-hybridized carbons (Fsp3) is 0.889. The molecule has 0 aliphatic rings. The zero-order chi connectivity index (χ0) is 18.4. The maximum Gasteiger partial charge on any atom is 0.410 e. The number of nitrogens with zero attached hydrogens (tertiary/aromatic N) is 1. The number of ether oxygens (including phenoxy) is 3. The topological polar surface area (TPSA) is 65.1 Å². The highest BCUT2D eigenvalue weighted by Crippen LogP contribution is 2.09. The summed E-state index contributed by atoms with van der Waals surface area (Å²) in [5.41, 5.74) is -0.503. The van der Waals surface area contributed by atoms with Crippen molar-refractivity contribution < 1.29 is 23.8 Å². The first-order chi connectivity index (χ1) is 11.3. The first-order valence-corrected chi connectivity index (χ1v) is 8.93. The zero-order valence-electron chi connectivity index (χ0n) is 16.1. The largest absolute Gasteiger partial charge is 0.463 e. The molecular weight excluding hydrogens is 310 g/mol. The molecule has 0 aliphatic carbocycles. The fourth-order valence-corrected chi connectivity index (χ4v) is 1.89. The van der Waals surface area contributed by atoms with E-state index in [1.54, 1.807) is 7.05 Å². The minimum Gasteiger partial charge on any atom is -0.463 e. The lowest BCUT2D eigenvalue weighted by molar-refractivity contribution is -0.145. The molecule has 0 spiro atoms. The van der Waals surface area contributed by atoms with Crippen LogP contribution in [0.25, 0.3) is 0 Å². The minimum atomic E-state index is -0.503. The van der Waals surface area contributed by atoms with E-state index in [-0.39, 0.29) is 18.7 Å². The number of carbonyl (C=O) groups is 2. The summed E-state index contributed by atoms with van der Waals surface area (Å²) >= 11 is 0. The molecule has 6 heteroatoms. The first-order valence-electron chi connectivity index (χ1n) is 8.93. The van der Waals surface area contributed by atoms with E-state index in [1.165, 1.54) is 24.2 Å². The van der Waals surface area contributed by atoms with E-state index in [0.717, 1.165) is 12.8 Å². The number of esters is 1. The van der Waals surface area contributed by atoms with Gasteiger partial charge in [-0.05, 0) is 27.2 Å². The Morgan fingerprint density at radius 1 is 0.958 bits per heavy atom. The maximum absolute atomic E-state index is 11.7. The second-order valence-electron chi connectivity index (χ2n) is 6.90. The first kappa shape index (κ1) is 22.7. The number of rotatable bonds is 12. The van der Waals surface area contributed by atoms with Crippen LogP contribution in [0.3, 0.4) is 0 Å². The summed E-state index contributed by atoms with van der Waals surface area (Å²) in [7, 11) is 1.66. The molecule has 1 amide bonds. The van der Waals surface area contributed by atoms with Crippen LogP contribution in [-0.4, -0.2) is 56.0 Å². The van der Waals surface area contributed by atoms with Crippen LogP contribution in [-0.2, 0) is 19.0 Å². The van der Waals surface area contributed by atoms with Crippen molar-refractivity contribution in [3.8, 4) is 0 Å². The summed E-state index contributed by atoms with van der Waals surface area (Å²) < 4.78 is 15.7. The number of amides is 1. The third-order valence-electron chi connectivity index (χ3n) is 3.25. The summed E-state index contributed by atoms with van der Waals surface area (Å²) in [6.45, 7) is 9.05. The van der Waals surface area contributed by atoms with Gasteiger partial charge in [-0.3, -0.25) is 4.79 Å². The Kier molecular flexibility index (Phi) is 12.3. The standard InChI is InChI=1S/C18H35NO5/c1-6-7-8-9-10-11-16(20)23-15-14-22-13-12-19(5)17(21)24-18(2,3)4/h6-15H2,1-5H3. The molecule has 0 radical (unpaired) electrons. The lowest BCUT2D eigenvalue weighted by atomic mass is 10.1. The van der Waals surface area contributed by atoms with Gasteiger partial charge in [0.15, 0.2) is 0 Å². The van der Waals surface area contributed by atoms with E-state index in [2.05, 4.69) is 6.92 Å². The normalized spacial score (nSPS) is 11.2. The van der Waals surface area contributed by atoms with Crippen LogP contribution >= 0.6 is 0 Å². The van der Waals surface area contributed by atoms with Crippen molar-refractivity contribution in [3.05, 3.63) is 0 Å². The molecule has 0 aromatic heterocycles. The lowest BCUT2D eigenvalue weighted by Crippen LogP contribution is -2.36. The predicted octanol–water partition coefficient (Wildman–Crippen LogP) is 3.77. The van der Waals surface area contributed by atoms with Crippen LogP contribution in [0.15, 0.2) is 0 Å². The number of hydrogen-bond acceptors (Lipinski definition) is 5. The van der Waals surface area contributed by atoms with E-state index in [4.69, 9.17) is 14.2 Å². The Morgan fingerprint density at radius 2 is 1.62 bits per heavy atom. The van der Waals surface area contributed by atoms with Crippen molar-refractivity contribution >= 4 is 12.1 Å². The Labute approximate surface area is 146 Å². The molecule has 24 heavy (non-hydrogen) atoms. The van der Waals surface area contributed by atoms with Crippen LogP contribution in [0, 0.1) is 0 Å². The number of likely N-dealkylation sites (N-methyl/N-ethyl adjacent to an activating group) is 1. The molecule has 6 nitrogen and oxygen atoms in total. The molecule has 0 fully saturated rings. The number of hydrogen-bond donors (Lipinski definition) is 0. The molecule has 0 unspecified atom stereocenters. The van der Waals surface area contributed by atoms with E-state index >= 15 is 0 Å². The van der Waals surface area contributed by atoms with Gasteiger partial charge >= 0.3 is 12.1 Å². The summed E-state index contributed by atoms with van der Waals surface area (Å²) in [5, 5.41) is 0. The summed E-state index contributed by atoms with van der Waals surface area (Å²) in [6, 6.07) is 0. The van der Waals surface area contributed by atoms with Gasteiger partial charge in [0.2, 0.25) is 0 Å². The molecular formula is C18H35NO5. The molecule has 0 N–H and O–H groups in total. The van der Waals surface area contributed by atoms with Gasteiger partial charge in [-0.2, -0.15) is 0 Å². The Morgan fingerprint density at radius 3 is 2.25 bits per heavy atom. The van der Waals surface area contributed by atoms with E-state index in [1.807, 2.05) is 20.8 Å². The summed E-state index contributed by atoms with van der Waals surface area (Å²) in [5.74, 6) is -0.166. The highest BCUT2D eigenvalue weighted by Gasteiger charge is 2.19. The number of carbonyl (C=O) groups excluding carboxylic acids is 2. The molecule has 0 saturated carbocycles. The van der Waals surface area contributed by atoms with E-state index in [9.17, 15) is 9.59 Å². The zero-order valence-corrected chi connectivity index (χ0v) is 16.1. The van der Waals surface area contributed by atoms with Gasteiger partial charge in [0, 0.05) is 20.0 Å². The monoisotopic (exact) mass is 345 g/mol. The Bertz CT molecular complexity index is 352. The second-order valence-corrected chi connectivity index (χ2v) is 6.90. The van der Waals surface area contributed by atoms with Crippen molar-refractivity contribution in [1.29, 1.82) is 0 Å². The second kappa shape index (κ2) is 13.0. The molecule has 0 bridgehead atoms. The molecule has 0 rings (SSSR count). The van der Waals surface area contributed by atoms with Crippen molar-refractivity contribution in [2.45, 2.75) is 71.8 Å². The van der Waals surface area contributed by atoms with Gasteiger partial charge in [-0.25, -0.2) is 4.79 Å². The van der Waals surface area contributed by atoms with Crippen LogP contribution in [0.4, 0.5) is 4.79 Å².